The van der Waals surface area contributed by atoms with Gasteiger partial charge in [0.15, 0.2) is 5.78 Å². The number of hydrogen-bond acceptors (Lipinski definition) is 9. The normalized spacial score (nSPS) is 19.4. The Kier molecular flexibility index (Phi) is 21.1. The van der Waals surface area contributed by atoms with Crippen molar-refractivity contribution in [3.63, 3.8) is 0 Å². The third-order valence-corrected chi connectivity index (χ3v) is 12.1. The molecule has 3 amide bonds. The van der Waals surface area contributed by atoms with Crippen LogP contribution in [-0.4, -0.2) is 134 Å². The molecule has 0 radical (unpaired) electrons. The molecule has 1 heterocycles. The number of carbonyl (C=O) groups is 5. The van der Waals surface area contributed by atoms with Crippen LogP contribution in [-0.2, 0) is 39.9 Å². The van der Waals surface area contributed by atoms with Crippen LogP contribution in [0.2, 0.25) is 0 Å². The van der Waals surface area contributed by atoms with Gasteiger partial charge < -0.3 is 29.7 Å². The van der Waals surface area contributed by atoms with E-state index in [1.54, 1.807) is 44.9 Å². The first kappa shape index (κ1) is 50.0. The van der Waals surface area contributed by atoms with E-state index in [1.807, 2.05) is 77.0 Å². The Hall–Kier alpha value is -3.19. The summed E-state index contributed by atoms with van der Waals surface area (Å²) in [5.41, 5.74) is 0.930. The number of methoxy groups -OCH3 is 2. The minimum atomic E-state index is -0.720. The Morgan fingerprint density at radius 1 is 0.877 bits per heavy atom. The summed E-state index contributed by atoms with van der Waals surface area (Å²) < 4.78 is 12.1. The van der Waals surface area contributed by atoms with Crippen molar-refractivity contribution in [3.8, 4) is 0 Å². The molecule has 324 valence electrons. The molecule has 0 bridgehead atoms. The van der Waals surface area contributed by atoms with Gasteiger partial charge in [-0.25, -0.2) is 0 Å². The van der Waals surface area contributed by atoms with E-state index in [1.165, 1.54) is 0 Å². The standard InChI is InChI=1S/C45H76N4O8/c1-14-30(6)42(48(11)45(55)35(28(2)3)25-38(52)41(29(4)5)47(9)10)39(56-12)26-40(53)49-22-18-21-36(49)43(57-13)32(8)37(51)24-34(44(54)46-27-31(7)50)23-33-19-16-15-17-20-33/h15-17,19-20,28-32,34-36,39,41-43,50H,14,18,21-27H2,1-13H3,(H,46,54)/t30-,31-,32-,34+,35-,36-,39+,41-,42-,43+/m0/s1. The average molecular weight is 801 g/mol. The molecule has 10 atom stereocenters. The van der Waals surface area contributed by atoms with E-state index in [0.29, 0.717) is 19.4 Å². The lowest BCUT2D eigenvalue weighted by atomic mass is 9.83. The highest BCUT2D eigenvalue weighted by atomic mass is 16.5. The fourth-order valence-corrected chi connectivity index (χ4v) is 8.78. The number of aliphatic hydroxyl groups excluding tert-OH is 1. The van der Waals surface area contributed by atoms with Gasteiger partial charge in [-0.3, -0.25) is 28.9 Å². The predicted octanol–water partition coefficient (Wildman–Crippen LogP) is 5.04. The number of rotatable bonds is 25. The Bertz CT molecular complexity index is 1410. The summed E-state index contributed by atoms with van der Waals surface area (Å²) in [5.74, 6) is -2.41. The quantitative estimate of drug-likeness (QED) is 0.139. The largest absolute Gasteiger partial charge is 0.392 e. The van der Waals surface area contributed by atoms with Crippen molar-refractivity contribution in [1.82, 2.24) is 20.0 Å². The molecule has 2 rings (SSSR count). The third kappa shape index (κ3) is 14.3. The van der Waals surface area contributed by atoms with Crippen LogP contribution in [0.5, 0.6) is 0 Å². The number of hydrogen-bond donors (Lipinski definition) is 2. The molecule has 12 heteroatoms. The lowest BCUT2D eigenvalue weighted by Crippen LogP contribution is -2.54. The van der Waals surface area contributed by atoms with E-state index in [4.69, 9.17) is 9.47 Å². The fraction of sp³-hybridized carbons (Fsp3) is 0.756. The average Bonchev–Trinajstić information content (AvgIpc) is 3.64. The lowest BCUT2D eigenvalue weighted by molar-refractivity contribution is -0.149. The Balaban J connectivity index is 2.30. The maximum Gasteiger partial charge on any atom is 0.226 e. The molecular weight excluding hydrogens is 725 g/mol. The van der Waals surface area contributed by atoms with Crippen molar-refractivity contribution >= 4 is 29.3 Å². The number of likely N-dealkylation sites (tertiary alicyclic amines) is 1. The first-order chi connectivity index (χ1) is 26.8. The number of ether oxygens (including phenoxy) is 2. The van der Waals surface area contributed by atoms with Crippen LogP contribution in [0.15, 0.2) is 30.3 Å². The summed E-state index contributed by atoms with van der Waals surface area (Å²) in [6, 6.07) is 8.45. The molecule has 0 spiro atoms. The molecule has 57 heavy (non-hydrogen) atoms. The van der Waals surface area contributed by atoms with Crippen LogP contribution in [0.1, 0.15) is 99.5 Å². The van der Waals surface area contributed by atoms with Gasteiger partial charge in [0.1, 0.15) is 5.78 Å². The van der Waals surface area contributed by atoms with Crippen LogP contribution in [0, 0.1) is 35.5 Å². The molecule has 0 unspecified atom stereocenters. The molecule has 1 aliphatic heterocycles. The van der Waals surface area contributed by atoms with Crippen LogP contribution in [0.25, 0.3) is 0 Å². The van der Waals surface area contributed by atoms with Crippen LogP contribution >= 0.6 is 0 Å². The van der Waals surface area contributed by atoms with E-state index in [9.17, 15) is 29.1 Å². The van der Waals surface area contributed by atoms with E-state index in [-0.39, 0.29) is 84.9 Å². The van der Waals surface area contributed by atoms with Crippen molar-refractivity contribution in [2.24, 2.45) is 35.5 Å². The number of Topliss-reactive ketones (excluding diaryl/α,β-unsaturated/α-hetero) is 2. The lowest BCUT2D eigenvalue weighted by Gasteiger charge is -2.41. The van der Waals surface area contributed by atoms with Crippen LogP contribution in [0.3, 0.4) is 0 Å². The van der Waals surface area contributed by atoms with Gasteiger partial charge in [-0.05, 0) is 63.6 Å². The number of nitrogens with zero attached hydrogens (tertiary/aromatic N) is 3. The number of benzene rings is 1. The summed E-state index contributed by atoms with van der Waals surface area (Å²) in [4.78, 5) is 74.9. The predicted molar refractivity (Wildman–Crippen MR) is 224 cm³/mol. The number of aliphatic hydroxyl groups is 1. The van der Waals surface area contributed by atoms with E-state index in [2.05, 4.69) is 19.2 Å². The van der Waals surface area contributed by atoms with Gasteiger partial charge in [0.05, 0.1) is 42.9 Å². The summed E-state index contributed by atoms with van der Waals surface area (Å²) in [5, 5.41) is 12.6. The molecule has 0 saturated carbocycles. The van der Waals surface area contributed by atoms with Gasteiger partial charge in [0.25, 0.3) is 0 Å². The number of carbonyl (C=O) groups excluding carboxylic acids is 5. The molecule has 0 aromatic heterocycles. The topological polar surface area (TPSA) is 146 Å². The van der Waals surface area contributed by atoms with Crippen molar-refractivity contribution in [2.45, 2.75) is 137 Å². The smallest absolute Gasteiger partial charge is 0.226 e. The third-order valence-electron chi connectivity index (χ3n) is 12.1. The van der Waals surface area contributed by atoms with Gasteiger partial charge in [-0.2, -0.15) is 0 Å². The zero-order valence-corrected chi connectivity index (χ0v) is 37.3. The number of nitrogens with one attached hydrogen (secondary N) is 1. The second-order valence-electron chi connectivity index (χ2n) is 17.4. The maximum atomic E-state index is 14.3. The second-order valence-corrected chi connectivity index (χ2v) is 17.4. The van der Waals surface area contributed by atoms with Gasteiger partial charge >= 0.3 is 0 Å². The van der Waals surface area contributed by atoms with Crippen molar-refractivity contribution in [1.29, 1.82) is 0 Å². The molecule has 1 saturated heterocycles. The second kappa shape index (κ2) is 24.0. The molecular formula is C45H76N4O8. The van der Waals surface area contributed by atoms with Gasteiger partial charge in [-0.1, -0.05) is 85.2 Å². The fourth-order valence-electron chi connectivity index (χ4n) is 8.78. The molecule has 1 aliphatic rings. The van der Waals surface area contributed by atoms with Gasteiger partial charge in [-0.15, -0.1) is 0 Å². The molecule has 12 nitrogen and oxygen atoms in total. The first-order valence-corrected chi connectivity index (χ1v) is 21.1. The SMILES string of the molecule is CC[C@H](C)[C@@H]([C@@H](CC(=O)N1CCC[C@H]1[C@H](OC)[C@@H](C)C(=O)C[C@@H](Cc1ccccc1)C(=O)NC[C@H](C)O)OC)N(C)C(=O)[C@@H](CC(=O)[C@H](C(C)C)N(C)C)C(C)C. The molecule has 1 fully saturated rings. The molecule has 2 N–H and O–H groups in total. The zero-order chi connectivity index (χ0) is 43.1. The molecule has 1 aromatic carbocycles. The minimum absolute atomic E-state index is 0.00855. The summed E-state index contributed by atoms with van der Waals surface area (Å²) in [6.45, 7) is 16.1. The first-order valence-electron chi connectivity index (χ1n) is 21.1. The van der Waals surface area contributed by atoms with E-state index < -0.39 is 42.1 Å². The van der Waals surface area contributed by atoms with Crippen LogP contribution < -0.4 is 5.32 Å². The molecule has 0 aliphatic carbocycles. The van der Waals surface area contributed by atoms with Gasteiger partial charge in [0, 0.05) is 65.0 Å². The number of ketones is 2. The minimum Gasteiger partial charge on any atom is -0.392 e. The highest BCUT2D eigenvalue weighted by molar-refractivity contribution is 5.90. The highest BCUT2D eigenvalue weighted by Crippen LogP contribution is 2.32. The highest BCUT2D eigenvalue weighted by Gasteiger charge is 2.43. The maximum absolute atomic E-state index is 14.3. The van der Waals surface area contributed by atoms with Gasteiger partial charge in [0.2, 0.25) is 17.7 Å². The van der Waals surface area contributed by atoms with Crippen molar-refractivity contribution in [3.05, 3.63) is 35.9 Å². The zero-order valence-electron chi connectivity index (χ0n) is 37.3. The van der Waals surface area contributed by atoms with Crippen molar-refractivity contribution < 1.29 is 38.6 Å². The number of amides is 3. The Morgan fingerprint density at radius 3 is 2.02 bits per heavy atom. The van der Waals surface area contributed by atoms with Crippen LogP contribution in [0.4, 0.5) is 0 Å². The summed E-state index contributed by atoms with van der Waals surface area (Å²) in [6.07, 6.45) is 0.734. The Labute approximate surface area is 343 Å². The summed E-state index contributed by atoms with van der Waals surface area (Å²) in [7, 11) is 8.68. The Morgan fingerprint density at radius 2 is 1.51 bits per heavy atom. The van der Waals surface area contributed by atoms with E-state index in [0.717, 1.165) is 18.4 Å². The number of likely N-dealkylation sites (N-methyl/N-ethyl adjacent to an activating group) is 2. The molecule has 1 aromatic rings. The van der Waals surface area contributed by atoms with E-state index >= 15 is 0 Å². The summed E-state index contributed by atoms with van der Waals surface area (Å²) >= 11 is 0. The monoisotopic (exact) mass is 801 g/mol. The van der Waals surface area contributed by atoms with Crippen molar-refractivity contribution in [2.75, 3.05) is 48.5 Å².